The highest BCUT2D eigenvalue weighted by Crippen LogP contribution is 2.49. The molecule has 3 N–H and O–H groups in total. The number of anilines is 2. The molecule has 4 aliphatic heterocycles. The first-order valence-corrected chi connectivity index (χ1v) is 22.2. The number of nitrogens with zero attached hydrogens (tertiary/aromatic N) is 4. The van der Waals surface area contributed by atoms with Gasteiger partial charge in [-0.2, -0.15) is 0 Å². The van der Waals surface area contributed by atoms with E-state index in [1.54, 1.807) is 30.1 Å². The van der Waals surface area contributed by atoms with Gasteiger partial charge in [-0.1, -0.05) is 50.0 Å². The Labute approximate surface area is 349 Å². The zero-order chi connectivity index (χ0) is 41.0. The minimum Gasteiger partial charge on any atom is -0.394 e. The summed E-state index contributed by atoms with van der Waals surface area (Å²) < 4.78 is 0. The summed E-state index contributed by atoms with van der Waals surface area (Å²) in [6.45, 7) is 1.58. The van der Waals surface area contributed by atoms with Gasteiger partial charge in [0.15, 0.2) is 0 Å². The van der Waals surface area contributed by atoms with Crippen LogP contribution in [0.4, 0.5) is 11.5 Å². The smallest absolute Gasteiger partial charge is 0.263 e. The first-order chi connectivity index (χ1) is 28.7. The first kappa shape index (κ1) is 40.6. The number of likely N-dealkylation sites (N-methyl/N-ethyl adjacent to an activating group) is 1. The van der Waals surface area contributed by atoms with Gasteiger partial charge in [-0.25, -0.2) is 4.98 Å². The van der Waals surface area contributed by atoms with E-state index in [9.17, 15) is 29.1 Å². The molecule has 3 fully saturated rings. The molecule has 8 rings (SSSR count). The molecule has 5 amide bonds. The van der Waals surface area contributed by atoms with Crippen LogP contribution in [0.25, 0.3) is 0 Å². The predicted octanol–water partition coefficient (Wildman–Crippen LogP) is 5.93. The van der Waals surface area contributed by atoms with Crippen molar-refractivity contribution in [3.63, 3.8) is 0 Å². The largest absolute Gasteiger partial charge is 0.394 e. The fourth-order valence-electron chi connectivity index (χ4n) is 9.66. The van der Waals surface area contributed by atoms with E-state index in [-0.39, 0.29) is 49.3 Å². The van der Waals surface area contributed by atoms with Gasteiger partial charge in [0.25, 0.3) is 11.8 Å². The van der Waals surface area contributed by atoms with Crippen LogP contribution in [0.3, 0.4) is 0 Å². The maximum atomic E-state index is 13.8. The van der Waals surface area contributed by atoms with E-state index < -0.39 is 29.7 Å². The standard InChI is InChI=1S/C46H52N6O6S/c1-50-35-18-16-29(26-34(35)42-32(37(50)28-53)22-24-51(42)44(56)31-10-5-4-6-11-31)14-15-30-17-20-39(48-27-30)47-23-7-2-3-8-25-59-38-13-9-12-33-41(38)46(58)52(45(33)57)36-19-21-40(54)49-43(36)55/h9,12-13,16-18,20,26-27,31-32,36-37,42,53H,2-8,10-11,19,21-25,28H2,1H3,(H,47,48)(H,49,54,55)/t32-,36?,37-,42-/m1/s1. The third-order valence-corrected chi connectivity index (χ3v) is 13.9. The molecule has 13 heteroatoms. The average Bonchev–Trinajstić information content (AvgIpc) is 3.80. The number of amides is 5. The highest BCUT2D eigenvalue weighted by Gasteiger charge is 2.49. The maximum absolute atomic E-state index is 13.8. The molecule has 4 atom stereocenters. The molecule has 59 heavy (non-hydrogen) atoms. The number of aliphatic hydroxyl groups excluding tert-OH is 1. The zero-order valence-corrected chi connectivity index (χ0v) is 34.4. The SMILES string of the molecule is CN1c2ccc(C#Cc3ccc(NCCCCCCSc4cccc5c4C(=O)N(C4CCC(=O)NC4=O)C5=O)nc3)cc2[C@H]2[C@H](CCN2C(=O)C2CCCCC2)[C@H]1CO. The molecule has 0 radical (unpaired) electrons. The van der Waals surface area contributed by atoms with Crippen LogP contribution in [0.1, 0.15) is 120 Å². The molecule has 0 spiro atoms. The van der Waals surface area contributed by atoms with E-state index in [0.717, 1.165) is 115 Å². The molecule has 2 aromatic carbocycles. The van der Waals surface area contributed by atoms with E-state index in [1.165, 1.54) is 6.42 Å². The lowest BCUT2D eigenvalue weighted by Gasteiger charge is -2.45. The van der Waals surface area contributed by atoms with E-state index in [1.807, 2.05) is 31.3 Å². The van der Waals surface area contributed by atoms with Gasteiger partial charge in [-0.05, 0) is 92.3 Å². The molecule has 2 saturated heterocycles. The number of piperidine rings is 1. The summed E-state index contributed by atoms with van der Waals surface area (Å²) in [5.41, 5.74) is 4.55. The van der Waals surface area contributed by atoms with Crippen LogP contribution in [0.15, 0.2) is 59.6 Å². The Morgan fingerprint density at radius 1 is 0.932 bits per heavy atom. The second-order valence-electron chi connectivity index (χ2n) is 16.4. The number of hydrogen-bond acceptors (Lipinski definition) is 10. The number of nitrogens with one attached hydrogen (secondary N) is 2. The monoisotopic (exact) mass is 816 g/mol. The van der Waals surface area contributed by atoms with Crippen molar-refractivity contribution in [2.75, 3.05) is 42.7 Å². The zero-order valence-electron chi connectivity index (χ0n) is 33.6. The Morgan fingerprint density at radius 3 is 2.51 bits per heavy atom. The van der Waals surface area contributed by atoms with Crippen molar-refractivity contribution in [1.29, 1.82) is 0 Å². The number of unbranched alkanes of at least 4 members (excludes halogenated alkanes) is 3. The molecule has 5 aliphatic rings. The number of aromatic nitrogens is 1. The first-order valence-electron chi connectivity index (χ1n) is 21.2. The minimum absolute atomic E-state index is 0.0228. The fraction of sp³-hybridized carbons (Fsp3) is 0.478. The van der Waals surface area contributed by atoms with E-state index in [2.05, 4.69) is 49.4 Å². The molecule has 1 aliphatic carbocycles. The minimum atomic E-state index is -0.970. The summed E-state index contributed by atoms with van der Waals surface area (Å²) in [6, 6.07) is 14.4. The number of likely N-dealkylation sites (tertiary alicyclic amines) is 1. The van der Waals surface area contributed by atoms with Gasteiger partial charge in [0.1, 0.15) is 11.9 Å². The second-order valence-corrected chi connectivity index (χ2v) is 17.5. The summed E-state index contributed by atoms with van der Waals surface area (Å²) in [6.07, 6.45) is 12.3. The fourth-order valence-corrected chi connectivity index (χ4v) is 10.7. The van der Waals surface area contributed by atoms with Crippen LogP contribution < -0.4 is 15.5 Å². The van der Waals surface area contributed by atoms with Crippen LogP contribution in [0.2, 0.25) is 0 Å². The second kappa shape index (κ2) is 18.0. The number of fused-ring (bicyclic) bond motifs is 4. The van der Waals surface area contributed by atoms with Crippen LogP contribution in [0.5, 0.6) is 0 Å². The van der Waals surface area contributed by atoms with Crippen LogP contribution in [-0.4, -0.2) is 94.0 Å². The normalized spacial score (nSPS) is 22.7. The summed E-state index contributed by atoms with van der Waals surface area (Å²) in [5.74, 6) is 6.82. The maximum Gasteiger partial charge on any atom is 0.263 e. The highest BCUT2D eigenvalue weighted by atomic mass is 32.2. The molecular formula is C46H52N6O6S. The van der Waals surface area contributed by atoms with Crippen molar-refractivity contribution in [3.05, 3.63) is 82.5 Å². The average molecular weight is 817 g/mol. The Bertz CT molecular complexity index is 2180. The number of benzene rings is 2. The molecule has 3 aromatic rings. The van der Waals surface area contributed by atoms with Gasteiger partial charge in [-0.15, -0.1) is 11.8 Å². The number of carbonyl (C=O) groups excluding carboxylic acids is 5. The van der Waals surface area contributed by atoms with Crippen molar-refractivity contribution in [2.45, 2.75) is 100 Å². The van der Waals surface area contributed by atoms with Gasteiger partial charge >= 0.3 is 0 Å². The molecule has 1 aromatic heterocycles. The summed E-state index contributed by atoms with van der Waals surface area (Å²) >= 11 is 1.55. The Morgan fingerprint density at radius 2 is 1.73 bits per heavy atom. The van der Waals surface area contributed by atoms with Crippen molar-refractivity contribution >= 4 is 52.8 Å². The quantitative estimate of drug-likeness (QED) is 0.0869. The van der Waals surface area contributed by atoms with Gasteiger partial charge < -0.3 is 20.2 Å². The van der Waals surface area contributed by atoms with Gasteiger partial charge in [0.2, 0.25) is 17.7 Å². The summed E-state index contributed by atoms with van der Waals surface area (Å²) in [5, 5.41) is 16.0. The van der Waals surface area contributed by atoms with Crippen LogP contribution in [-0.2, 0) is 14.4 Å². The van der Waals surface area contributed by atoms with E-state index >= 15 is 0 Å². The molecule has 5 heterocycles. The topological polar surface area (TPSA) is 152 Å². The van der Waals surface area contributed by atoms with Crippen LogP contribution in [0, 0.1) is 23.7 Å². The Kier molecular flexibility index (Phi) is 12.4. The lowest BCUT2D eigenvalue weighted by molar-refractivity contribution is -0.138. The van der Waals surface area contributed by atoms with E-state index in [0.29, 0.717) is 11.1 Å². The van der Waals surface area contributed by atoms with Crippen molar-refractivity contribution in [2.24, 2.45) is 11.8 Å². The van der Waals surface area contributed by atoms with Crippen molar-refractivity contribution < 1.29 is 29.1 Å². The number of hydrogen-bond donors (Lipinski definition) is 3. The molecule has 0 bridgehead atoms. The predicted molar refractivity (Wildman–Crippen MR) is 226 cm³/mol. The van der Waals surface area contributed by atoms with Gasteiger partial charge in [0.05, 0.1) is 29.8 Å². The molecule has 1 saturated carbocycles. The lowest BCUT2D eigenvalue weighted by atomic mass is 9.81. The number of imide groups is 2. The third kappa shape index (κ3) is 8.35. The molecule has 12 nitrogen and oxygen atoms in total. The summed E-state index contributed by atoms with van der Waals surface area (Å²) in [4.78, 5) is 75.0. The summed E-state index contributed by atoms with van der Waals surface area (Å²) in [7, 11) is 2.05. The Hall–Kier alpha value is -5.19. The van der Waals surface area contributed by atoms with Gasteiger partial charge in [-0.3, -0.25) is 34.2 Å². The van der Waals surface area contributed by atoms with Crippen molar-refractivity contribution in [1.82, 2.24) is 20.1 Å². The van der Waals surface area contributed by atoms with E-state index in [4.69, 9.17) is 0 Å². The van der Waals surface area contributed by atoms with Gasteiger partial charge in [0, 0.05) is 66.3 Å². The molecule has 1 unspecified atom stereocenters. The highest BCUT2D eigenvalue weighted by molar-refractivity contribution is 7.99. The molecule has 308 valence electrons. The van der Waals surface area contributed by atoms with Crippen LogP contribution >= 0.6 is 11.8 Å². The number of rotatable bonds is 12. The third-order valence-electron chi connectivity index (χ3n) is 12.8. The number of thioether (sulfide) groups is 1. The van der Waals surface area contributed by atoms with Crippen molar-refractivity contribution in [3.8, 4) is 11.8 Å². The lowest BCUT2D eigenvalue weighted by Crippen LogP contribution is -2.54. The number of aliphatic hydroxyl groups is 1. The number of pyridine rings is 1. The Balaban J connectivity index is 0.800. The number of carbonyl (C=O) groups is 5. The molecular weight excluding hydrogens is 765 g/mol.